The van der Waals surface area contributed by atoms with E-state index in [1.54, 1.807) is 19.0 Å². The number of nitrogens with zero attached hydrogens (tertiary/aromatic N) is 2. The predicted octanol–water partition coefficient (Wildman–Crippen LogP) is 1.23. The fourth-order valence-corrected chi connectivity index (χ4v) is 1.69. The van der Waals surface area contributed by atoms with E-state index in [4.69, 9.17) is 4.74 Å². The summed E-state index contributed by atoms with van der Waals surface area (Å²) >= 11 is 0. The van der Waals surface area contributed by atoms with E-state index in [0.717, 1.165) is 38.5 Å². The lowest BCUT2D eigenvalue weighted by Crippen LogP contribution is -2.43. The van der Waals surface area contributed by atoms with Gasteiger partial charge in [-0.05, 0) is 38.5 Å². The Labute approximate surface area is 134 Å². The molecule has 22 heavy (non-hydrogen) atoms. The van der Waals surface area contributed by atoms with Crippen LogP contribution in [-0.4, -0.2) is 63.2 Å². The Morgan fingerprint density at radius 3 is 2.73 bits per heavy atom. The molecular formula is C16H32N4O2. The lowest BCUT2D eigenvalue weighted by atomic mass is 10.3. The molecule has 1 rings (SSSR count). The average Bonchev–Trinajstić information content (AvgIpc) is 3.31. The quantitative estimate of drug-likeness (QED) is 0.362. The van der Waals surface area contributed by atoms with E-state index in [1.807, 2.05) is 0 Å². The van der Waals surface area contributed by atoms with E-state index in [1.165, 1.54) is 12.8 Å². The first kappa shape index (κ1) is 18.7. The maximum Gasteiger partial charge on any atom is 0.243 e. The Kier molecular flexibility index (Phi) is 8.89. The second-order valence-electron chi connectivity index (χ2n) is 6.21. The van der Waals surface area contributed by atoms with Gasteiger partial charge in [-0.15, -0.1) is 0 Å². The lowest BCUT2D eigenvalue weighted by Gasteiger charge is -2.17. The maximum atomic E-state index is 11.6. The number of hydrogen-bond acceptors (Lipinski definition) is 3. The zero-order valence-electron chi connectivity index (χ0n) is 14.5. The number of aliphatic imine (C=N–C) groups is 1. The van der Waals surface area contributed by atoms with Crippen molar-refractivity contribution in [3.8, 4) is 0 Å². The number of carbonyl (C=O) groups excluding carboxylic acids is 1. The number of likely N-dealkylation sites (N-methyl/N-ethyl adjacent to an activating group) is 1. The topological polar surface area (TPSA) is 66.0 Å². The molecule has 0 radical (unpaired) electrons. The van der Waals surface area contributed by atoms with Crippen molar-refractivity contribution in [2.24, 2.45) is 10.9 Å². The highest BCUT2D eigenvalue weighted by Crippen LogP contribution is 2.28. The van der Waals surface area contributed by atoms with Crippen molar-refractivity contribution in [2.75, 3.05) is 40.4 Å². The normalized spacial score (nSPS) is 16.3. The fourth-order valence-electron chi connectivity index (χ4n) is 1.69. The molecule has 0 bridgehead atoms. The summed E-state index contributed by atoms with van der Waals surface area (Å²) in [6, 6.07) is 0.326. The van der Waals surface area contributed by atoms with Gasteiger partial charge in [0.2, 0.25) is 5.91 Å². The van der Waals surface area contributed by atoms with Gasteiger partial charge in [0, 0.05) is 39.9 Å². The largest absolute Gasteiger partial charge is 0.381 e. The van der Waals surface area contributed by atoms with Gasteiger partial charge in [-0.2, -0.15) is 0 Å². The number of nitrogens with one attached hydrogen (secondary N) is 2. The number of guanidine groups is 1. The molecule has 2 N–H and O–H groups in total. The first-order valence-corrected chi connectivity index (χ1v) is 8.35. The van der Waals surface area contributed by atoms with Crippen LogP contribution in [0.5, 0.6) is 0 Å². The van der Waals surface area contributed by atoms with Gasteiger partial charge in [-0.3, -0.25) is 4.79 Å². The molecule has 1 aliphatic rings. The van der Waals surface area contributed by atoms with Crippen molar-refractivity contribution in [1.82, 2.24) is 15.5 Å². The average molecular weight is 312 g/mol. The summed E-state index contributed by atoms with van der Waals surface area (Å²) in [5, 5.41) is 6.58. The van der Waals surface area contributed by atoms with Crippen molar-refractivity contribution in [3.63, 3.8) is 0 Å². The summed E-state index contributed by atoms with van der Waals surface area (Å²) < 4.78 is 5.61. The van der Waals surface area contributed by atoms with E-state index in [9.17, 15) is 4.79 Å². The first-order valence-electron chi connectivity index (χ1n) is 8.35. The monoisotopic (exact) mass is 312 g/mol. The van der Waals surface area contributed by atoms with Crippen LogP contribution < -0.4 is 10.6 Å². The van der Waals surface area contributed by atoms with Crippen LogP contribution >= 0.6 is 0 Å². The summed E-state index contributed by atoms with van der Waals surface area (Å²) in [6.07, 6.45) is 4.60. The molecular weight excluding hydrogens is 280 g/mol. The summed E-state index contributed by atoms with van der Waals surface area (Å²) in [6.45, 7) is 6.86. The third-order valence-corrected chi connectivity index (χ3v) is 3.68. The van der Waals surface area contributed by atoms with Crippen molar-refractivity contribution in [2.45, 2.75) is 45.6 Å². The van der Waals surface area contributed by atoms with Gasteiger partial charge in [-0.1, -0.05) is 6.92 Å². The molecule has 0 aliphatic heterocycles. The van der Waals surface area contributed by atoms with E-state index in [0.29, 0.717) is 12.0 Å². The first-order chi connectivity index (χ1) is 10.5. The van der Waals surface area contributed by atoms with Crippen LogP contribution in [0.1, 0.15) is 39.5 Å². The Hall–Kier alpha value is -1.30. The van der Waals surface area contributed by atoms with Crippen LogP contribution in [0, 0.1) is 5.92 Å². The molecule has 0 aromatic heterocycles. The summed E-state index contributed by atoms with van der Waals surface area (Å²) in [4.78, 5) is 17.5. The summed E-state index contributed by atoms with van der Waals surface area (Å²) in [5.74, 6) is 1.51. The number of hydrogen-bond donors (Lipinski definition) is 2. The van der Waals surface area contributed by atoms with Gasteiger partial charge < -0.3 is 20.3 Å². The molecule has 1 atom stereocenters. The molecule has 0 heterocycles. The maximum absolute atomic E-state index is 11.6. The third kappa shape index (κ3) is 8.87. The highest BCUT2D eigenvalue weighted by molar-refractivity contribution is 5.84. The second kappa shape index (κ2) is 10.4. The second-order valence-corrected chi connectivity index (χ2v) is 6.21. The van der Waals surface area contributed by atoms with Crippen molar-refractivity contribution < 1.29 is 9.53 Å². The lowest BCUT2D eigenvalue weighted by molar-refractivity contribution is -0.127. The summed E-state index contributed by atoms with van der Waals surface area (Å²) in [5.41, 5.74) is 0. The minimum absolute atomic E-state index is 0.00183. The molecule has 0 saturated heterocycles. The van der Waals surface area contributed by atoms with Crippen LogP contribution in [-0.2, 0) is 9.53 Å². The van der Waals surface area contributed by atoms with Gasteiger partial charge >= 0.3 is 0 Å². The zero-order valence-corrected chi connectivity index (χ0v) is 14.5. The Balaban J connectivity index is 2.26. The minimum Gasteiger partial charge on any atom is -0.381 e. The third-order valence-electron chi connectivity index (χ3n) is 3.68. The van der Waals surface area contributed by atoms with Gasteiger partial charge in [0.25, 0.3) is 0 Å². The number of amides is 1. The van der Waals surface area contributed by atoms with E-state index < -0.39 is 0 Å². The molecule has 6 heteroatoms. The van der Waals surface area contributed by atoms with Crippen LogP contribution in [0.25, 0.3) is 0 Å². The Morgan fingerprint density at radius 2 is 2.14 bits per heavy atom. The van der Waals surface area contributed by atoms with Gasteiger partial charge in [0.15, 0.2) is 5.96 Å². The molecule has 1 saturated carbocycles. The van der Waals surface area contributed by atoms with Crippen LogP contribution in [0.15, 0.2) is 4.99 Å². The molecule has 1 unspecified atom stereocenters. The smallest absolute Gasteiger partial charge is 0.243 e. The Bertz CT molecular complexity index is 354. The van der Waals surface area contributed by atoms with Crippen LogP contribution in [0.2, 0.25) is 0 Å². The summed E-state index contributed by atoms with van der Waals surface area (Å²) in [7, 11) is 3.48. The number of ether oxygens (including phenoxy) is 1. The molecule has 1 aliphatic carbocycles. The molecule has 1 fully saturated rings. The molecule has 1 amide bonds. The molecule has 6 nitrogen and oxygen atoms in total. The van der Waals surface area contributed by atoms with E-state index in [-0.39, 0.29) is 12.5 Å². The standard InChI is InChI=1S/C16H32N4O2/c1-5-13(2)19-16(18-11-15(21)20(3)4)17-9-6-10-22-12-14-7-8-14/h13-14H,5-12H2,1-4H3,(H2,17,18,19). The predicted molar refractivity (Wildman–Crippen MR) is 90.0 cm³/mol. The van der Waals surface area contributed by atoms with E-state index >= 15 is 0 Å². The zero-order chi connectivity index (χ0) is 16.4. The highest BCUT2D eigenvalue weighted by Gasteiger charge is 2.20. The van der Waals surface area contributed by atoms with Crippen LogP contribution in [0.4, 0.5) is 0 Å². The van der Waals surface area contributed by atoms with Crippen molar-refractivity contribution in [3.05, 3.63) is 0 Å². The Morgan fingerprint density at radius 1 is 1.41 bits per heavy atom. The van der Waals surface area contributed by atoms with Crippen molar-refractivity contribution >= 4 is 11.9 Å². The van der Waals surface area contributed by atoms with Gasteiger partial charge in [0.05, 0.1) is 0 Å². The van der Waals surface area contributed by atoms with Crippen molar-refractivity contribution in [1.29, 1.82) is 0 Å². The highest BCUT2D eigenvalue weighted by atomic mass is 16.5. The molecule has 0 spiro atoms. The molecule has 128 valence electrons. The van der Waals surface area contributed by atoms with Gasteiger partial charge in [0.1, 0.15) is 6.54 Å². The molecule has 0 aromatic rings. The minimum atomic E-state index is -0.00183. The van der Waals surface area contributed by atoms with Crippen LogP contribution in [0.3, 0.4) is 0 Å². The van der Waals surface area contributed by atoms with E-state index in [2.05, 4.69) is 29.5 Å². The fraction of sp³-hybridized carbons (Fsp3) is 0.875. The molecule has 0 aromatic carbocycles. The number of carbonyl (C=O) groups is 1. The number of rotatable bonds is 10. The van der Waals surface area contributed by atoms with Gasteiger partial charge in [-0.25, -0.2) is 4.99 Å². The SMILES string of the molecule is CCC(C)NC(=NCC(=O)N(C)C)NCCCOCC1CC1.